The molecule has 0 spiro atoms. The zero-order chi connectivity index (χ0) is 13.7. The molecule has 2 aromatic rings. The van der Waals surface area contributed by atoms with Gasteiger partial charge in [-0.3, -0.25) is 10.1 Å². The zero-order valence-electron chi connectivity index (χ0n) is 10.1. The van der Waals surface area contributed by atoms with E-state index in [0.717, 1.165) is 11.1 Å². The Balaban J connectivity index is 1.90. The molecule has 19 heavy (non-hydrogen) atoms. The van der Waals surface area contributed by atoms with Crippen molar-refractivity contribution in [1.29, 1.82) is 0 Å². The molecule has 4 nitrogen and oxygen atoms in total. The van der Waals surface area contributed by atoms with Gasteiger partial charge in [-0.05, 0) is 23.3 Å². The second kappa shape index (κ2) is 6.06. The van der Waals surface area contributed by atoms with Crippen molar-refractivity contribution in [2.75, 3.05) is 0 Å². The molecule has 0 saturated carbocycles. The lowest BCUT2D eigenvalue weighted by atomic mass is 10.2. The van der Waals surface area contributed by atoms with E-state index in [1.807, 2.05) is 0 Å². The Hall–Kier alpha value is -2.27. The average Bonchev–Trinajstić information content (AvgIpc) is 2.41. The minimum Gasteiger partial charge on any atom is -0.372 e. The highest BCUT2D eigenvalue weighted by Gasteiger charge is 2.05. The number of halogens is 1. The van der Waals surface area contributed by atoms with Gasteiger partial charge < -0.3 is 4.74 Å². The number of nitro groups is 1. The Labute approximate surface area is 109 Å². The lowest BCUT2D eigenvalue weighted by molar-refractivity contribution is -0.384. The molecule has 0 N–H and O–H groups in total. The lowest BCUT2D eigenvalue weighted by Gasteiger charge is -2.04. The normalized spacial score (nSPS) is 10.4. The SMILES string of the molecule is O=[N+]([O-])c1cccc(COCc2ccc(F)cc2)c1. The Bertz CT molecular complexity index is 569. The smallest absolute Gasteiger partial charge is 0.269 e. The van der Waals surface area contributed by atoms with Crippen molar-refractivity contribution >= 4 is 5.69 Å². The number of hydrogen-bond acceptors (Lipinski definition) is 3. The number of ether oxygens (including phenoxy) is 1. The van der Waals surface area contributed by atoms with Gasteiger partial charge in [0.25, 0.3) is 5.69 Å². The summed E-state index contributed by atoms with van der Waals surface area (Å²) in [6.07, 6.45) is 0. The zero-order valence-corrected chi connectivity index (χ0v) is 10.1. The maximum absolute atomic E-state index is 12.7. The van der Waals surface area contributed by atoms with E-state index in [0.29, 0.717) is 6.61 Å². The second-order valence-corrected chi connectivity index (χ2v) is 4.05. The van der Waals surface area contributed by atoms with E-state index in [2.05, 4.69) is 0 Å². The largest absolute Gasteiger partial charge is 0.372 e. The van der Waals surface area contributed by atoms with Crippen LogP contribution in [0.5, 0.6) is 0 Å². The summed E-state index contributed by atoms with van der Waals surface area (Å²) in [5, 5.41) is 10.6. The Kier molecular flexibility index (Phi) is 4.20. The maximum atomic E-state index is 12.7. The van der Waals surface area contributed by atoms with E-state index in [-0.39, 0.29) is 18.1 Å². The van der Waals surface area contributed by atoms with Gasteiger partial charge in [0.15, 0.2) is 0 Å². The summed E-state index contributed by atoms with van der Waals surface area (Å²) in [6, 6.07) is 12.3. The number of rotatable bonds is 5. The van der Waals surface area contributed by atoms with Gasteiger partial charge in [0.1, 0.15) is 5.82 Å². The third kappa shape index (κ3) is 3.86. The van der Waals surface area contributed by atoms with Crippen LogP contribution in [0.25, 0.3) is 0 Å². The van der Waals surface area contributed by atoms with Crippen molar-refractivity contribution in [3.8, 4) is 0 Å². The maximum Gasteiger partial charge on any atom is 0.269 e. The van der Waals surface area contributed by atoms with Crippen molar-refractivity contribution in [1.82, 2.24) is 0 Å². The van der Waals surface area contributed by atoms with E-state index < -0.39 is 4.92 Å². The fourth-order valence-corrected chi connectivity index (χ4v) is 1.63. The lowest BCUT2D eigenvalue weighted by Crippen LogP contribution is -1.95. The molecule has 0 radical (unpaired) electrons. The fourth-order valence-electron chi connectivity index (χ4n) is 1.63. The van der Waals surface area contributed by atoms with E-state index >= 15 is 0 Å². The number of nitro benzene ring substituents is 1. The standard InChI is InChI=1S/C14H12FNO3/c15-13-6-4-11(5-7-13)9-19-10-12-2-1-3-14(8-12)16(17)18/h1-8H,9-10H2. The average molecular weight is 261 g/mol. The van der Waals surface area contributed by atoms with Gasteiger partial charge in [-0.25, -0.2) is 4.39 Å². The van der Waals surface area contributed by atoms with Gasteiger partial charge >= 0.3 is 0 Å². The fraction of sp³-hybridized carbons (Fsp3) is 0.143. The summed E-state index contributed by atoms with van der Waals surface area (Å²) in [7, 11) is 0. The van der Waals surface area contributed by atoms with Gasteiger partial charge in [0, 0.05) is 12.1 Å². The molecule has 98 valence electrons. The molecule has 0 fully saturated rings. The number of benzene rings is 2. The number of nitrogens with zero attached hydrogens (tertiary/aromatic N) is 1. The molecule has 0 bridgehead atoms. The molecule has 0 heterocycles. The molecule has 0 aliphatic heterocycles. The van der Waals surface area contributed by atoms with Gasteiger partial charge in [-0.1, -0.05) is 24.3 Å². The summed E-state index contributed by atoms with van der Waals surface area (Å²) in [4.78, 5) is 10.2. The molecule has 0 aromatic heterocycles. The van der Waals surface area contributed by atoms with Crippen LogP contribution in [0.2, 0.25) is 0 Å². The van der Waals surface area contributed by atoms with Crippen molar-refractivity contribution in [2.45, 2.75) is 13.2 Å². The molecule has 2 aromatic carbocycles. The summed E-state index contributed by atoms with van der Waals surface area (Å²) in [5.74, 6) is -0.289. The first kappa shape index (κ1) is 13.2. The topological polar surface area (TPSA) is 52.4 Å². The Morgan fingerprint density at radius 1 is 1.05 bits per heavy atom. The molecule has 0 saturated heterocycles. The predicted octanol–water partition coefficient (Wildman–Crippen LogP) is 3.45. The van der Waals surface area contributed by atoms with Crippen LogP contribution >= 0.6 is 0 Å². The predicted molar refractivity (Wildman–Crippen MR) is 68.0 cm³/mol. The highest BCUT2D eigenvalue weighted by atomic mass is 19.1. The highest BCUT2D eigenvalue weighted by molar-refractivity contribution is 5.33. The summed E-state index contributed by atoms with van der Waals surface area (Å²) < 4.78 is 18.1. The molecule has 0 unspecified atom stereocenters. The van der Waals surface area contributed by atoms with Gasteiger partial charge in [-0.15, -0.1) is 0 Å². The molecule has 5 heteroatoms. The minimum atomic E-state index is -0.441. The molecule has 0 amide bonds. The van der Waals surface area contributed by atoms with E-state index in [1.165, 1.54) is 24.3 Å². The van der Waals surface area contributed by atoms with Crippen LogP contribution in [0.15, 0.2) is 48.5 Å². The molecule has 2 rings (SSSR count). The van der Waals surface area contributed by atoms with Crippen LogP contribution in [0.4, 0.5) is 10.1 Å². The van der Waals surface area contributed by atoms with Crippen LogP contribution in [0, 0.1) is 15.9 Å². The first-order valence-corrected chi connectivity index (χ1v) is 5.70. The van der Waals surface area contributed by atoms with Crippen LogP contribution < -0.4 is 0 Å². The van der Waals surface area contributed by atoms with Crippen molar-refractivity contribution < 1.29 is 14.1 Å². The summed E-state index contributed by atoms with van der Waals surface area (Å²) in [5.41, 5.74) is 1.63. The molecule has 0 aliphatic carbocycles. The number of hydrogen-bond donors (Lipinski definition) is 0. The quantitative estimate of drug-likeness (QED) is 0.611. The third-order valence-electron chi connectivity index (χ3n) is 2.57. The molecular formula is C14H12FNO3. The van der Waals surface area contributed by atoms with Crippen LogP contribution in [-0.4, -0.2) is 4.92 Å². The minimum absolute atomic E-state index is 0.0443. The monoisotopic (exact) mass is 261 g/mol. The molecular weight excluding hydrogens is 249 g/mol. The third-order valence-corrected chi connectivity index (χ3v) is 2.57. The van der Waals surface area contributed by atoms with Crippen molar-refractivity contribution in [3.05, 3.63) is 75.6 Å². The Morgan fingerprint density at radius 3 is 2.42 bits per heavy atom. The van der Waals surface area contributed by atoms with Crippen LogP contribution in [0.3, 0.4) is 0 Å². The van der Waals surface area contributed by atoms with Gasteiger partial charge in [0.2, 0.25) is 0 Å². The highest BCUT2D eigenvalue weighted by Crippen LogP contribution is 2.14. The summed E-state index contributed by atoms with van der Waals surface area (Å²) in [6.45, 7) is 0.613. The van der Waals surface area contributed by atoms with Crippen LogP contribution in [-0.2, 0) is 18.0 Å². The van der Waals surface area contributed by atoms with Gasteiger partial charge in [0.05, 0.1) is 18.1 Å². The summed E-state index contributed by atoms with van der Waals surface area (Å²) >= 11 is 0. The van der Waals surface area contributed by atoms with Crippen molar-refractivity contribution in [2.24, 2.45) is 0 Å². The molecule has 0 aliphatic rings. The Morgan fingerprint density at radius 2 is 1.74 bits per heavy atom. The van der Waals surface area contributed by atoms with Gasteiger partial charge in [-0.2, -0.15) is 0 Å². The van der Waals surface area contributed by atoms with E-state index in [4.69, 9.17) is 4.74 Å². The first-order valence-electron chi connectivity index (χ1n) is 5.70. The number of non-ortho nitro benzene ring substituents is 1. The van der Waals surface area contributed by atoms with Crippen molar-refractivity contribution in [3.63, 3.8) is 0 Å². The second-order valence-electron chi connectivity index (χ2n) is 4.05. The van der Waals surface area contributed by atoms with Crippen LogP contribution in [0.1, 0.15) is 11.1 Å². The first-order chi connectivity index (χ1) is 9.15. The van der Waals surface area contributed by atoms with E-state index in [9.17, 15) is 14.5 Å². The van der Waals surface area contributed by atoms with E-state index in [1.54, 1.807) is 24.3 Å². The molecule has 0 atom stereocenters.